The van der Waals surface area contributed by atoms with E-state index in [4.69, 9.17) is 16.3 Å². The third-order valence-corrected chi connectivity index (χ3v) is 3.77. The van der Waals surface area contributed by atoms with Crippen molar-refractivity contribution in [1.82, 2.24) is 4.40 Å². The van der Waals surface area contributed by atoms with Gasteiger partial charge in [-0.25, -0.2) is 0 Å². The van der Waals surface area contributed by atoms with Gasteiger partial charge in [0, 0.05) is 27.9 Å². The number of rotatable bonds is 3. The molecule has 1 aromatic carbocycles. The van der Waals surface area contributed by atoms with Crippen molar-refractivity contribution in [2.75, 3.05) is 7.11 Å². The molecule has 0 fully saturated rings. The Kier molecular flexibility index (Phi) is 3.43. The molecule has 3 nitrogen and oxygen atoms in total. The van der Waals surface area contributed by atoms with Crippen LogP contribution in [0.3, 0.4) is 0 Å². The fourth-order valence-electron chi connectivity index (χ4n) is 2.54. The number of halogens is 1. The molecule has 0 spiro atoms. The van der Waals surface area contributed by atoms with Crippen molar-refractivity contribution in [1.29, 1.82) is 0 Å². The van der Waals surface area contributed by atoms with Crippen LogP contribution < -0.4 is 4.74 Å². The minimum Gasteiger partial charge on any atom is -0.496 e. The van der Waals surface area contributed by atoms with E-state index < -0.39 is 0 Å². The van der Waals surface area contributed by atoms with Crippen molar-refractivity contribution in [3.63, 3.8) is 0 Å². The number of aromatic nitrogens is 1. The van der Waals surface area contributed by atoms with E-state index in [0.717, 1.165) is 28.5 Å². The Morgan fingerprint density at radius 3 is 2.67 bits per heavy atom. The lowest BCUT2D eigenvalue weighted by Gasteiger charge is -2.08. The van der Waals surface area contributed by atoms with Crippen molar-refractivity contribution >= 4 is 23.4 Å². The summed E-state index contributed by atoms with van der Waals surface area (Å²) in [6.07, 6.45) is 2.76. The second-order valence-electron chi connectivity index (χ2n) is 4.90. The highest BCUT2D eigenvalue weighted by molar-refractivity contribution is 6.31. The maximum atomic E-state index is 11.6. The molecule has 21 heavy (non-hydrogen) atoms. The van der Waals surface area contributed by atoms with Crippen LogP contribution in [0.4, 0.5) is 0 Å². The number of carbonyl (C=O) groups is 1. The molecule has 0 aliphatic rings. The summed E-state index contributed by atoms with van der Waals surface area (Å²) in [6, 6.07) is 11.4. The lowest BCUT2D eigenvalue weighted by molar-refractivity contribution is 0.111. The second kappa shape index (κ2) is 5.26. The van der Waals surface area contributed by atoms with E-state index in [-0.39, 0.29) is 0 Å². The standard InChI is InChI=1S/C17H14ClNO2/c1-11-5-6-19-13(7-11)9-14(16(19)10-20)15-8-12(18)3-4-17(15)21-2/h3-10H,1-2H3. The van der Waals surface area contributed by atoms with E-state index in [1.165, 1.54) is 0 Å². The fourth-order valence-corrected chi connectivity index (χ4v) is 2.71. The maximum Gasteiger partial charge on any atom is 0.167 e. The van der Waals surface area contributed by atoms with Gasteiger partial charge in [0.15, 0.2) is 6.29 Å². The van der Waals surface area contributed by atoms with E-state index >= 15 is 0 Å². The lowest BCUT2D eigenvalue weighted by atomic mass is 10.1. The highest BCUT2D eigenvalue weighted by atomic mass is 35.5. The van der Waals surface area contributed by atoms with Gasteiger partial charge < -0.3 is 9.14 Å². The first kappa shape index (κ1) is 13.7. The molecular weight excluding hydrogens is 286 g/mol. The van der Waals surface area contributed by atoms with Gasteiger partial charge in [-0.1, -0.05) is 11.6 Å². The van der Waals surface area contributed by atoms with Crippen molar-refractivity contribution in [3.8, 4) is 16.9 Å². The highest BCUT2D eigenvalue weighted by Crippen LogP contribution is 2.36. The molecule has 0 saturated carbocycles. The normalized spacial score (nSPS) is 10.8. The summed E-state index contributed by atoms with van der Waals surface area (Å²) in [4.78, 5) is 11.6. The number of nitrogens with zero attached hydrogens (tertiary/aromatic N) is 1. The van der Waals surface area contributed by atoms with Crippen LogP contribution in [-0.2, 0) is 0 Å². The lowest BCUT2D eigenvalue weighted by Crippen LogP contribution is -1.94. The molecule has 0 radical (unpaired) electrons. The predicted molar refractivity (Wildman–Crippen MR) is 84.5 cm³/mol. The average molecular weight is 300 g/mol. The Hall–Kier alpha value is -2.26. The Balaban J connectivity index is 2.34. The van der Waals surface area contributed by atoms with E-state index in [1.54, 1.807) is 19.2 Å². The van der Waals surface area contributed by atoms with Crippen molar-refractivity contribution in [2.24, 2.45) is 0 Å². The Morgan fingerprint density at radius 2 is 1.95 bits per heavy atom. The summed E-state index contributed by atoms with van der Waals surface area (Å²) >= 11 is 6.09. The van der Waals surface area contributed by atoms with Crippen molar-refractivity contribution < 1.29 is 9.53 Å². The molecule has 0 aliphatic carbocycles. The minimum atomic E-state index is 0.588. The summed E-state index contributed by atoms with van der Waals surface area (Å²) in [5.74, 6) is 0.690. The first-order chi connectivity index (χ1) is 10.1. The number of pyridine rings is 1. The monoisotopic (exact) mass is 299 g/mol. The zero-order chi connectivity index (χ0) is 15.0. The number of hydrogen-bond donors (Lipinski definition) is 0. The van der Waals surface area contributed by atoms with E-state index in [1.807, 2.05) is 41.8 Å². The van der Waals surface area contributed by atoms with Crippen molar-refractivity contribution in [2.45, 2.75) is 6.92 Å². The quantitative estimate of drug-likeness (QED) is 0.672. The van der Waals surface area contributed by atoms with E-state index in [9.17, 15) is 4.79 Å². The number of aryl methyl sites for hydroxylation is 1. The molecule has 0 N–H and O–H groups in total. The summed E-state index contributed by atoms with van der Waals surface area (Å²) in [6.45, 7) is 2.02. The van der Waals surface area contributed by atoms with E-state index in [0.29, 0.717) is 16.5 Å². The van der Waals surface area contributed by atoms with Crippen LogP contribution in [0.1, 0.15) is 16.1 Å². The van der Waals surface area contributed by atoms with Gasteiger partial charge in [-0.3, -0.25) is 4.79 Å². The number of ether oxygens (including phenoxy) is 1. The zero-order valence-electron chi connectivity index (χ0n) is 11.8. The molecule has 0 aliphatic heterocycles. The molecule has 0 bridgehead atoms. The highest BCUT2D eigenvalue weighted by Gasteiger charge is 2.15. The molecule has 2 aromatic heterocycles. The van der Waals surface area contributed by atoms with Gasteiger partial charge in [0.05, 0.1) is 12.8 Å². The SMILES string of the molecule is COc1ccc(Cl)cc1-c1cc2cc(C)ccn2c1C=O. The molecule has 0 atom stereocenters. The summed E-state index contributed by atoms with van der Waals surface area (Å²) in [5, 5.41) is 0.606. The molecule has 3 rings (SSSR count). The first-order valence-electron chi connectivity index (χ1n) is 6.55. The maximum absolute atomic E-state index is 11.6. The Morgan fingerprint density at radius 1 is 1.14 bits per heavy atom. The van der Waals surface area contributed by atoms with Crippen LogP contribution in [0.25, 0.3) is 16.6 Å². The number of hydrogen-bond acceptors (Lipinski definition) is 2. The second-order valence-corrected chi connectivity index (χ2v) is 5.34. The van der Waals surface area contributed by atoms with Gasteiger partial charge in [0.2, 0.25) is 0 Å². The topological polar surface area (TPSA) is 30.7 Å². The van der Waals surface area contributed by atoms with Crippen LogP contribution in [0, 0.1) is 6.92 Å². The van der Waals surface area contributed by atoms with Gasteiger partial charge in [0.1, 0.15) is 5.75 Å². The van der Waals surface area contributed by atoms with Gasteiger partial charge in [-0.2, -0.15) is 0 Å². The van der Waals surface area contributed by atoms with Gasteiger partial charge in [-0.05, 0) is 48.9 Å². The van der Waals surface area contributed by atoms with E-state index in [2.05, 4.69) is 0 Å². The fraction of sp³-hybridized carbons (Fsp3) is 0.118. The van der Waals surface area contributed by atoms with Crippen LogP contribution in [0.2, 0.25) is 5.02 Å². The summed E-state index contributed by atoms with van der Waals surface area (Å²) in [5.41, 5.74) is 4.32. The minimum absolute atomic E-state index is 0.588. The zero-order valence-corrected chi connectivity index (χ0v) is 12.5. The van der Waals surface area contributed by atoms with Gasteiger partial charge >= 0.3 is 0 Å². The molecule has 0 amide bonds. The first-order valence-corrected chi connectivity index (χ1v) is 6.92. The van der Waals surface area contributed by atoms with Crippen LogP contribution in [0.15, 0.2) is 42.6 Å². The molecular formula is C17H14ClNO2. The third-order valence-electron chi connectivity index (χ3n) is 3.53. The van der Waals surface area contributed by atoms with Crippen LogP contribution in [-0.4, -0.2) is 17.8 Å². The van der Waals surface area contributed by atoms with Crippen LogP contribution >= 0.6 is 11.6 Å². The average Bonchev–Trinajstić information content (AvgIpc) is 2.84. The summed E-state index contributed by atoms with van der Waals surface area (Å²) in [7, 11) is 1.60. The molecule has 4 heteroatoms. The van der Waals surface area contributed by atoms with Crippen molar-refractivity contribution in [3.05, 3.63) is 58.9 Å². The van der Waals surface area contributed by atoms with Crippen LogP contribution in [0.5, 0.6) is 5.75 Å². The predicted octanol–water partition coefficient (Wildman–Crippen LogP) is 4.39. The molecule has 0 saturated heterocycles. The number of methoxy groups -OCH3 is 1. The molecule has 2 heterocycles. The molecule has 106 valence electrons. The van der Waals surface area contributed by atoms with Gasteiger partial charge in [0.25, 0.3) is 0 Å². The largest absolute Gasteiger partial charge is 0.496 e. The number of fused-ring (bicyclic) bond motifs is 1. The molecule has 0 unspecified atom stereocenters. The number of benzene rings is 1. The Bertz CT molecular complexity index is 836. The van der Waals surface area contributed by atoms with Gasteiger partial charge in [-0.15, -0.1) is 0 Å². The third kappa shape index (κ3) is 2.30. The summed E-state index contributed by atoms with van der Waals surface area (Å²) < 4.78 is 7.26. The number of aldehydes is 1. The molecule has 3 aromatic rings. The number of carbonyl (C=O) groups excluding carboxylic acids is 1. The Labute approximate surface area is 127 Å². The smallest absolute Gasteiger partial charge is 0.167 e.